The molecule has 0 aliphatic rings. The zero-order valence-corrected chi connectivity index (χ0v) is 8.99. The fourth-order valence-electron chi connectivity index (χ4n) is 1.08. The molecule has 0 spiro atoms. The first-order valence-electron chi connectivity index (χ1n) is 4.85. The Kier molecular flexibility index (Phi) is 4.97. The Bertz CT molecular complexity index is 388. The van der Waals surface area contributed by atoms with Gasteiger partial charge in [0.15, 0.2) is 0 Å². The molecule has 0 aliphatic carbocycles. The summed E-state index contributed by atoms with van der Waals surface area (Å²) in [5, 5.41) is 9.42. The molecule has 0 fully saturated rings. The number of halogens is 5. The fourth-order valence-corrected chi connectivity index (χ4v) is 1.08. The van der Waals surface area contributed by atoms with E-state index in [1.807, 2.05) is 0 Å². The van der Waals surface area contributed by atoms with Gasteiger partial charge in [0.1, 0.15) is 18.5 Å². The van der Waals surface area contributed by atoms with Gasteiger partial charge < -0.3 is 9.84 Å². The van der Waals surface area contributed by atoms with E-state index in [1.165, 1.54) is 0 Å². The van der Waals surface area contributed by atoms with Crippen LogP contribution in [0.5, 0.6) is 0 Å². The van der Waals surface area contributed by atoms with Gasteiger partial charge in [0.25, 0.3) is 0 Å². The van der Waals surface area contributed by atoms with E-state index in [9.17, 15) is 27.1 Å². The van der Waals surface area contributed by atoms with Crippen molar-refractivity contribution in [2.24, 2.45) is 0 Å². The molecule has 1 aromatic rings. The molecule has 0 saturated heterocycles. The Morgan fingerprint density at radius 2 is 2.00 bits per heavy atom. The van der Waals surface area contributed by atoms with Crippen LogP contribution in [0.25, 0.3) is 0 Å². The van der Waals surface area contributed by atoms with Crippen LogP contribution in [0.2, 0.25) is 0 Å². The molecule has 0 bridgehead atoms. The lowest BCUT2D eigenvalue weighted by atomic mass is 10.2. The Morgan fingerprint density at radius 1 is 1.33 bits per heavy atom. The lowest BCUT2D eigenvalue weighted by molar-refractivity contribution is -0.170. The Labute approximate surface area is 99.2 Å². The third-order valence-electron chi connectivity index (χ3n) is 2.00. The van der Waals surface area contributed by atoms with Gasteiger partial charge >= 0.3 is 12.3 Å². The van der Waals surface area contributed by atoms with Gasteiger partial charge in [0.05, 0.1) is 12.8 Å². The average Bonchev–Trinajstić information content (AvgIpc) is 2.28. The van der Waals surface area contributed by atoms with Crippen molar-refractivity contribution in [3.8, 4) is 0 Å². The maximum absolute atomic E-state index is 12.7. The second-order valence-electron chi connectivity index (χ2n) is 3.53. The summed E-state index contributed by atoms with van der Waals surface area (Å²) in [5.41, 5.74) is 0.00960. The summed E-state index contributed by atoms with van der Waals surface area (Å²) in [6.07, 6.45) is -3.25. The van der Waals surface area contributed by atoms with Crippen molar-refractivity contribution in [2.75, 3.05) is 13.2 Å². The van der Waals surface area contributed by atoms with Crippen molar-refractivity contribution in [3.63, 3.8) is 0 Å². The van der Waals surface area contributed by atoms with E-state index < -0.39 is 37.5 Å². The second-order valence-corrected chi connectivity index (χ2v) is 3.53. The van der Waals surface area contributed by atoms with Gasteiger partial charge in [-0.2, -0.15) is 8.78 Å². The molecular formula is C10H10F5NO2. The van der Waals surface area contributed by atoms with Crippen LogP contribution in [0.4, 0.5) is 22.0 Å². The van der Waals surface area contributed by atoms with Gasteiger partial charge in [0.2, 0.25) is 0 Å². The number of alkyl halides is 4. The number of pyridine rings is 1. The molecule has 0 amide bonds. The number of hydrogen-bond donors (Lipinski definition) is 1. The van der Waals surface area contributed by atoms with Crippen LogP contribution in [-0.2, 0) is 4.74 Å². The van der Waals surface area contributed by atoms with E-state index in [0.29, 0.717) is 0 Å². The topological polar surface area (TPSA) is 42.4 Å². The highest BCUT2D eigenvalue weighted by atomic mass is 19.3. The summed E-state index contributed by atoms with van der Waals surface area (Å²) in [7, 11) is 0. The van der Waals surface area contributed by atoms with E-state index in [4.69, 9.17) is 0 Å². The molecule has 1 atom stereocenters. The van der Waals surface area contributed by atoms with Gasteiger partial charge in [0, 0.05) is 11.8 Å². The molecule has 102 valence electrons. The van der Waals surface area contributed by atoms with Crippen LogP contribution in [0.1, 0.15) is 11.7 Å². The van der Waals surface area contributed by atoms with Crippen molar-refractivity contribution < 1.29 is 31.8 Å². The molecule has 0 aliphatic heterocycles. The highest BCUT2D eigenvalue weighted by molar-refractivity contribution is 5.13. The lowest BCUT2D eigenvalue weighted by Gasteiger charge is -2.17. The van der Waals surface area contributed by atoms with Crippen LogP contribution >= 0.6 is 0 Å². The van der Waals surface area contributed by atoms with Crippen LogP contribution in [0, 0.1) is 5.82 Å². The van der Waals surface area contributed by atoms with Crippen molar-refractivity contribution in [2.45, 2.75) is 18.5 Å². The molecule has 8 heteroatoms. The third kappa shape index (κ3) is 4.19. The molecule has 1 rings (SSSR count). The largest absolute Gasteiger partial charge is 0.386 e. The minimum Gasteiger partial charge on any atom is -0.386 e. The summed E-state index contributed by atoms with van der Waals surface area (Å²) in [6, 6.07) is 0.937. The third-order valence-corrected chi connectivity index (χ3v) is 2.00. The number of ether oxygens (including phenoxy) is 1. The van der Waals surface area contributed by atoms with Crippen molar-refractivity contribution in [3.05, 3.63) is 29.8 Å². The predicted molar refractivity (Wildman–Crippen MR) is 50.9 cm³/mol. The highest BCUT2D eigenvalue weighted by Crippen LogP contribution is 2.23. The minimum atomic E-state index is -4.28. The van der Waals surface area contributed by atoms with Crippen LogP contribution in [0.3, 0.4) is 0 Å². The second kappa shape index (κ2) is 6.05. The maximum atomic E-state index is 12.7. The van der Waals surface area contributed by atoms with Gasteiger partial charge in [-0.3, -0.25) is 4.98 Å². The maximum Gasteiger partial charge on any atom is 0.330 e. The zero-order chi connectivity index (χ0) is 13.8. The Balaban J connectivity index is 2.45. The molecule has 0 saturated carbocycles. The molecule has 1 unspecified atom stereocenters. The summed E-state index contributed by atoms with van der Waals surface area (Å²) in [5.74, 6) is -5.00. The number of aromatic nitrogens is 1. The monoisotopic (exact) mass is 271 g/mol. The van der Waals surface area contributed by atoms with E-state index >= 15 is 0 Å². The molecular weight excluding hydrogens is 261 g/mol. The smallest absolute Gasteiger partial charge is 0.330 e. The van der Waals surface area contributed by atoms with Gasteiger partial charge in [-0.05, 0) is 6.07 Å². The molecule has 3 nitrogen and oxygen atoms in total. The number of aliphatic hydroxyl groups is 1. The summed E-state index contributed by atoms with van der Waals surface area (Å²) >= 11 is 0. The summed E-state index contributed by atoms with van der Waals surface area (Å²) in [6.45, 7) is -2.18. The van der Waals surface area contributed by atoms with Crippen molar-refractivity contribution in [1.29, 1.82) is 0 Å². The minimum absolute atomic E-state index is 0.00960. The first-order chi connectivity index (χ1) is 8.33. The van der Waals surface area contributed by atoms with Gasteiger partial charge in [-0.15, -0.1) is 0 Å². The zero-order valence-electron chi connectivity index (χ0n) is 8.99. The van der Waals surface area contributed by atoms with Crippen molar-refractivity contribution in [1.82, 2.24) is 4.98 Å². The first-order valence-corrected chi connectivity index (χ1v) is 4.85. The van der Waals surface area contributed by atoms with E-state index in [1.54, 1.807) is 0 Å². The fraction of sp³-hybridized carbons (Fsp3) is 0.500. The number of nitrogens with zero attached hydrogens (tertiary/aromatic N) is 1. The van der Waals surface area contributed by atoms with Crippen molar-refractivity contribution >= 4 is 0 Å². The molecule has 18 heavy (non-hydrogen) atoms. The number of aliphatic hydroxyl groups excluding tert-OH is 1. The normalized spacial score (nSPS) is 13.9. The molecule has 1 aromatic heterocycles. The standard InChI is InChI=1S/C10H10F5NO2/c11-7-1-6(2-16-3-7)8(17)4-18-5-10(14,15)9(12)13/h1-3,8-9,17H,4-5H2. The molecule has 0 aromatic carbocycles. The van der Waals surface area contributed by atoms with Crippen LogP contribution in [-0.4, -0.2) is 35.7 Å². The Hall–Kier alpha value is -1.28. The quantitative estimate of drug-likeness (QED) is 0.806. The van der Waals surface area contributed by atoms with E-state index in [0.717, 1.165) is 18.5 Å². The SMILES string of the molecule is OC(COCC(F)(F)C(F)F)c1cncc(F)c1. The average molecular weight is 271 g/mol. The summed E-state index contributed by atoms with van der Waals surface area (Å²) in [4.78, 5) is 3.43. The highest BCUT2D eigenvalue weighted by Gasteiger charge is 2.41. The molecule has 1 N–H and O–H groups in total. The molecule has 0 radical (unpaired) electrons. The van der Waals surface area contributed by atoms with Gasteiger partial charge in [-0.1, -0.05) is 0 Å². The number of hydrogen-bond acceptors (Lipinski definition) is 3. The lowest BCUT2D eigenvalue weighted by Crippen LogP contribution is -2.33. The van der Waals surface area contributed by atoms with E-state index in [2.05, 4.69) is 9.72 Å². The van der Waals surface area contributed by atoms with Crippen LogP contribution < -0.4 is 0 Å². The Morgan fingerprint density at radius 3 is 2.56 bits per heavy atom. The first kappa shape index (κ1) is 14.8. The number of rotatable bonds is 6. The molecule has 1 heterocycles. The van der Waals surface area contributed by atoms with Gasteiger partial charge in [-0.25, -0.2) is 13.2 Å². The van der Waals surface area contributed by atoms with Crippen LogP contribution in [0.15, 0.2) is 18.5 Å². The summed E-state index contributed by atoms with van der Waals surface area (Å²) < 4.78 is 65.4. The predicted octanol–water partition coefficient (Wildman–Crippen LogP) is 2.17. The van der Waals surface area contributed by atoms with E-state index in [-0.39, 0.29) is 5.56 Å².